The minimum Gasteiger partial charge on any atom is -0.142 e. The smallest absolute Gasteiger partial charge is 0.0198 e. The van der Waals surface area contributed by atoms with Crippen molar-refractivity contribution in [1.29, 1.82) is 0 Å². The van der Waals surface area contributed by atoms with E-state index >= 15 is 0 Å². The van der Waals surface area contributed by atoms with E-state index in [-0.39, 0.29) is 0 Å². The summed E-state index contributed by atoms with van der Waals surface area (Å²) in [5.74, 6) is 0. The second-order valence-corrected chi connectivity index (χ2v) is 9.36. The molecule has 0 aliphatic heterocycles. The number of rotatable bonds is 3. The third-order valence-electron chi connectivity index (χ3n) is 6.49. The molecule has 0 amide bonds. The van der Waals surface area contributed by atoms with Gasteiger partial charge >= 0.3 is 0 Å². The first-order chi connectivity index (χ1) is 16.7. The average Bonchev–Trinajstić information content (AvgIpc) is 2.91. The van der Waals surface area contributed by atoms with E-state index in [1.165, 1.54) is 21.9 Å². The molecule has 0 nitrogen and oxygen atoms in total. The molecule has 0 bridgehead atoms. The molecule has 0 heterocycles. The molecule has 0 saturated carbocycles. The largest absolute Gasteiger partial charge is 0.142 e. The molecular formula is C32H22S2. The van der Waals surface area contributed by atoms with E-state index in [1.54, 1.807) is 0 Å². The summed E-state index contributed by atoms with van der Waals surface area (Å²) in [6.07, 6.45) is 0. The molecule has 0 fully saturated rings. The Labute approximate surface area is 210 Å². The van der Waals surface area contributed by atoms with Crippen LogP contribution in [0.4, 0.5) is 0 Å². The molecule has 0 aliphatic rings. The highest BCUT2D eigenvalue weighted by Crippen LogP contribution is 2.44. The molecule has 2 heteroatoms. The summed E-state index contributed by atoms with van der Waals surface area (Å²) in [5, 5.41) is 4.71. The minimum atomic E-state index is 1.00. The lowest BCUT2D eigenvalue weighted by Crippen LogP contribution is -1.92. The van der Waals surface area contributed by atoms with Gasteiger partial charge in [-0.3, -0.25) is 0 Å². The van der Waals surface area contributed by atoms with Gasteiger partial charge in [-0.25, -0.2) is 0 Å². The number of hydrogen-bond donors (Lipinski definition) is 2. The fraction of sp³-hybridized carbons (Fsp3) is 0. The van der Waals surface area contributed by atoms with Crippen molar-refractivity contribution in [2.24, 2.45) is 0 Å². The number of thiol groups is 2. The Hall–Kier alpha value is -3.46. The van der Waals surface area contributed by atoms with Crippen molar-refractivity contribution in [3.63, 3.8) is 0 Å². The number of hydrogen-bond acceptors (Lipinski definition) is 2. The van der Waals surface area contributed by atoms with Gasteiger partial charge in [0.05, 0.1) is 0 Å². The molecule has 34 heavy (non-hydrogen) atoms. The van der Waals surface area contributed by atoms with E-state index < -0.39 is 0 Å². The highest BCUT2D eigenvalue weighted by Gasteiger charge is 2.17. The van der Waals surface area contributed by atoms with Crippen LogP contribution in [0.2, 0.25) is 0 Å². The molecule has 0 saturated heterocycles. The molecule has 0 radical (unpaired) electrons. The Morgan fingerprint density at radius 3 is 1.03 bits per heavy atom. The maximum Gasteiger partial charge on any atom is 0.0198 e. The highest BCUT2D eigenvalue weighted by atomic mass is 32.1. The van der Waals surface area contributed by atoms with Gasteiger partial charge in [0.25, 0.3) is 0 Å². The van der Waals surface area contributed by atoms with Gasteiger partial charge in [-0.05, 0) is 67.1 Å². The Morgan fingerprint density at radius 2 is 0.647 bits per heavy atom. The molecule has 6 rings (SSSR count). The van der Waals surface area contributed by atoms with Crippen molar-refractivity contribution in [3.8, 4) is 33.4 Å². The topological polar surface area (TPSA) is 0 Å². The van der Waals surface area contributed by atoms with Crippen LogP contribution in [0.5, 0.6) is 0 Å². The van der Waals surface area contributed by atoms with Crippen molar-refractivity contribution in [2.75, 3.05) is 0 Å². The van der Waals surface area contributed by atoms with Crippen LogP contribution in [0.1, 0.15) is 0 Å². The monoisotopic (exact) mass is 470 g/mol. The zero-order chi connectivity index (χ0) is 23.1. The van der Waals surface area contributed by atoms with Gasteiger partial charge in [-0.15, -0.1) is 25.3 Å². The normalized spacial score (nSPS) is 11.2. The lowest BCUT2D eigenvalue weighted by Gasteiger charge is -2.18. The van der Waals surface area contributed by atoms with Crippen molar-refractivity contribution in [1.82, 2.24) is 0 Å². The Morgan fingerprint density at radius 1 is 0.324 bits per heavy atom. The Bertz CT molecular complexity index is 1530. The van der Waals surface area contributed by atoms with Crippen LogP contribution in [-0.2, 0) is 0 Å². The molecule has 0 unspecified atom stereocenters. The summed E-state index contributed by atoms with van der Waals surface area (Å²) in [5.41, 5.74) is 7.01. The summed E-state index contributed by atoms with van der Waals surface area (Å²) in [6.45, 7) is 0. The first-order valence-electron chi connectivity index (χ1n) is 11.3. The summed E-state index contributed by atoms with van der Waals surface area (Å²) in [6, 6.07) is 42.7. The second kappa shape index (κ2) is 8.72. The highest BCUT2D eigenvalue weighted by molar-refractivity contribution is 7.81. The van der Waals surface area contributed by atoms with Crippen LogP contribution in [0.25, 0.3) is 54.9 Å². The summed E-state index contributed by atoms with van der Waals surface area (Å²) in [7, 11) is 0. The third-order valence-corrected chi connectivity index (χ3v) is 7.46. The molecule has 6 aromatic rings. The fourth-order valence-electron chi connectivity index (χ4n) is 4.84. The predicted molar refractivity (Wildman–Crippen MR) is 152 cm³/mol. The van der Waals surface area contributed by atoms with Crippen molar-refractivity contribution < 1.29 is 0 Å². The standard InChI is InChI=1S/C32H22S2/c33-31-25-17-9-7-15-23(25)29(19-27(31)21-11-3-1-4-12-21)30-20-28(22-13-5-2-6-14-22)32(34)26-18-10-8-16-24(26)30/h1-20,33-34H. The van der Waals surface area contributed by atoms with Gasteiger partial charge in [0.1, 0.15) is 0 Å². The molecule has 0 N–H and O–H groups in total. The Kier molecular flexibility index (Phi) is 5.41. The Balaban J connectivity index is 1.75. The van der Waals surface area contributed by atoms with Crippen LogP contribution in [0, 0.1) is 0 Å². The van der Waals surface area contributed by atoms with E-state index in [0.717, 1.165) is 42.8 Å². The first-order valence-corrected chi connectivity index (χ1v) is 12.2. The SMILES string of the molecule is Sc1c(-c2ccccc2)cc(-c2cc(-c3ccccc3)c(S)c3ccccc23)c2ccccc12. The first kappa shape index (κ1) is 21.1. The van der Waals surface area contributed by atoms with Gasteiger partial charge in [0.2, 0.25) is 0 Å². The molecule has 0 atom stereocenters. The molecule has 0 aromatic heterocycles. The minimum absolute atomic E-state index is 1.00. The van der Waals surface area contributed by atoms with E-state index in [2.05, 4.69) is 121 Å². The van der Waals surface area contributed by atoms with Gasteiger partial charge in [-0.1, -0.05) is 109 Å². The summed E-state index contributed by atoms with van der Waals surface area (Å²) in [4.78, 5) is 2.01. The lowest BCUT2D eigenvalue weighted by molar-refractivity contribution is 1.49. The maximum atomic E-state index is 4.99. The molecule has 0 aliphatic carbocycles. The molecule has 162 valence electrons. The summed E-state index contributed by atoms with van der Waals surface area (Å²) >= 11 is 9.98. The third kappa shape index (κ3) is 3.51. The van der Waals surface area contributed by atoms with Crippen LogP contribution in [-0.4, -0.2) is 0 Å². The van der Waals surface area contributed by atoms with Crippen LogP contribution >= 0.6 is 25.3 Å². The van der Waals surface area contributed by atoms with E-state index in [0.29, 0.717) is 0 Å². The number of benzene rings is 6. The second-order valence-electron chi connectivity index (χ2n) is 8.46. The van der Waals surface area contributed by atoms with Gasteiger partial charge < -0.3 is 0 Å². The van der Waals surface area contributed by atoms with Gasteiger partial charge in [0.15, 0.2) is 0 Å². The quantitative estimate of drug-likeness (QED) is 0.236. The molecular weight excluding hydrogens is 448 g/mol. The van der Waals surface area contributed by atoms with E-state index in [4.69, 9.17) is 25.3 Å². The average molecular weight is 471 g/mol. The summed E-state index contributed by atoms with van der Waals surface area (Å²) < 4.78 is 0. The number of fused-ring (bicyclic) bond motifs is 2. The van der Waals surface area contributed by atoms with Gasteiger partial charge in [0, 0.05) is 9.79 Å². The van der Waals surface area contributed by atoms with Crippen molar-refractivity contribution in [3.05, 3.63) is 121 Å². The zero-order valence-electron chi connectivity index (χ0n) is 18.4. The maximum absolute atomic E-state index is 4.99. The van der Waals surface area contributed by atoms with Crippen LogP contribution < -0.4 is 0 Å². The molecule has 0 spiro atoms. The van der Waals surface area contributed by atoms with Crippen molar-refractivity contribution in [2.45, 2.75) is 9.79 Å². The fourth-order valence-corrected chi connectivity index (χ4v) is 5.62. The van der Waals surface area contributed by atoms with E-state index in [1.807, 2.05) is 0 Å². The van der Waals surface area contributed by atoms with Gasteiger partial charge in [-0.2, -0.15) is 0 Å². The van der Waals surface area contributed by atoms with Crippen molar-refractivity contribution >= 4 is 46.8 Å². The van der Waals surface area contributed by atoms with Crippen LogP contribution in [0.15, 0.2) is 131 Å². The predicted octanol–water partition coefficient (Wildman–Crippen LogP) is 9.57. The zero-order valence-corrected chi connectivity index (χ0v) is 20.2. The molecule has 6 aromatic carbocycles. The lowest BCUT2D eigenvalue weighted by atomic mass is 9.88. The van der Waals surface area contributed by atoms with E-state index in [9.17, 15) is 0 Å². The van der Waals surface area contributed by atoms with Crippen LogP contribution in [0.3, 0.4) is 0 Å².